The Kier molecular flexibility index (Phi) is 2.80. The van der Waals surface area contributed by atoms with Crippen molar-refractivity contribution < 1.29 is 0 Å². The number of hydrogen-bond acceptors (Lipinski definition) is 0. The molecule has 0 aliphatic heterocycles. The standard InChI is InChI=1S/C7H8BrCl/c8-7(9)5-6-3-1-2-4-6/h3,5H,1-2,4H2. The third-order valence-electron chi connectivity index (χ3n) is 1.37. The van der Waals surface area contributed by atoms with Crippen molar-refractivity contribution in [2.75, 3.05) is 0 Å². The Bertz CT molecular complexity index is 154. The Morgan fingerprint density at radius 3 is 3.00 bits per heavy atom. The van der Waals surface area contributed by atoms with Crippen LogP contribution in [0, 0.1) is 0 Å². The SMILES string of the molecule is ClC(Br)=CC1=CCCC1. The number of hydrogen-bond donors (Lipinski definition) is 0. The fraction of sp³-hybridized carbons (Fsp3) is 0.429. The normalized spacial score (nSPS) is 20.2. The van der Waals surface area contributed by atoms with Crippen molar-refractivity contribution in [2.24, 2.45) is 0 Å². The summed E-state index contributed by atoms with van der Waals surface area (Å²) in [5.74, 6) is 0. The largest absolute Gasteiger partial charge is 0.0836 e. The summed E-state index contributed by atoms with van der Waals surface area (Å²) in [6.07, 6.45) is 7.87. The first kappa shape index (κ1) is 7.36. The Hall–Kier alpha value is 0.250. The van der Waals surface area contributed by atoms with Gasteiger partial charge in [0.2, 0.25) is 0 Å². The highest BCUT2D eigenvalue weighted by Gasteiger charge is 2.00. The third-order valence-corrected chi connectivity index (χ3v) is 1.71. The van der Waals surface area contributed by atoms with Gasteiger partial charge in [0.1, 0.15) is 0 Å². The third kappa shape index (κ3) is 2.55. The van der Waals surface area contributed by atoms with Gasteiger partial charge in [0, 0.05) is 0 Å². The van der Waals surface area contributed by atoms with E-state index < -0.39 is 0 Å². The minimum Gasteiger partial charge on any atom is -0.0812 e. The summed E-state index contributed by atoms with van der Waals surface area (Å²) < 4.78 is 0.704. The van der Waals surface area contributed by atoms with Crippen LogP contribution in [0.4, 0.5) is 0 Å². The van der Waals surface area contributed by atoms with Crippen LogP contribution in [-0.4, -0.2) is 0 Å². The molecule has 1 rings (SSSR count). The molecule has 1 aliphatic carbocycles. The van der Waals surface area contributed by atoms with Gasteiger partial charge in [0.05, 0.1) is 3.94 Å². The van der Waals surface area contributed by atoms with Crippen molar-refractivity contribution in [1.82, 2.24) is 0 Å². The van der Waals surface area contributed by atoms with Crippen LogP contribution < -0.4 is 0 Å². The predicted octanol–water partition coefficient (Wildman–Crippen LogP) is 3.57. The summed E-state index contributed by atoms with van der Waals surface area (Å²) in [7, 11) is 0. The van der Waals surface area contributed by atoms with Crippen LogP contribution in [0.15, 0.2) is 21.7 Å². The molecule has 9 heavy (non-hydrogen) atoms. The van der Waals surface area contributed by atoms with Gasteiger partial charge in [-0.3, -0.25) is 0 Å². The van der Waals surface area contributed by atoms with Crippen LogP contribution >= 0.6 is 27.5 Å². The van der Waals surface area contributed by atoms with Gasteiger partial charge < -0.3 is 0 Å². The summed E-state index contributed by atoms with van der Waals surface area (Å²) in [6.45, 7) is 0. The highest BCUT2D eigenvalue weighted by molar-refractivity contribution is 9.12. The Morgan fingerprint density at radius 1 is 1.78 bits per heavy atom. The van der Waals surface area contributed by atoms with Crippen LogP contribution in [-0.2, 0) is 0 Å². The van der Waals surface area contributed by atoms with Crippen molar-refractivity contribution >= 4 is 27.5 Å². The minimum absolute atomic E-state index is 0.704. The maximum atomic E-state index is 5.59. The monoisotopic (exact) mass is 206 g/mol. The lowest BCUT2D eigenvalue weighted by Crippen LogP contribution is -1.67. The summed E-state index contributed by atoms with van der Waals surface area (Å²) in [6, 6.07) is 0. The van der Waals surface area contributed by atoms with Gasteiger partial charge in [-0.1, -0.05) is 17.7 Å². The van der Waals surface area contributed by atoms with Crippen LogP contribution in [0.25, 0.3) is 0 Å². The molecule has 0 spiro atoms. The van der Waals surface area contributed by atoms with Crippen LogP contribution in [0.5, 0.6) is 0 Å². The van der Waals surface area contributed by atoms with Crippen molar-refractivity contribution in [2.45, 2.75) is 19.3 Å². The molecular formula is C7H8BrCl. The second-order valence-electron chi connectivity index (χ2n) is 2.11. The lowest BCUT2D eigenvalue weighted by molar-refractivity contribution is 0.916. The average Bonchev–Trinajstić information content (AvgIpc) is 2.15. The second-order valence-corrected chi connectivity index (χ2v) is 3.82. The van der Waals surface area contributed by atoms with Gasteiger partial charge in [0.25, 0.3) is 0 Å². The van der Waals surface area contributed by atoms with Crippen LogP contribution in [0.1, 0.15) is 19.3 Å². The molecule has 0 amide bonds. The molecule has 0 heterocycles. The fourth-order valence-electron chi connectivity index (χ4n) is 0.967. The summed E-state index contributed by atoms with van der Waals surface area (Å²) in [5, 5.41) is 0. The quantitative estimate of drug-likeness (QED) is 0.617. The molecule has 2 heteroatoms. The molecule has 0 N–H and O–H groups in total. The molecule has 0 saturated heterocycles. The fourth-order valence-corrected chi connectivity index (χ4v) is 1.40. The van der Waals surface area contributed by atoms with Gasteiger partial charge in [-0.2, -0.15) is 0 Å². The molecular weight excluding hydrogens is 199 g/mol. The molecule has 0 saturated carbocycles. The first-order chi connectivity index (χ1) is 4.29. The predicted molar refractivity (Wildman–Crippen MR) is 44.8 cm³/mol. The molecule has 0 nitrogen and oxygen atoms in total. The molecule has 0 aromatic heterocycles. The number of halogens is 2. The molecule has 50 valence electrons. The van der Waals surface area contributed by atoms with E-state index in [4.69, 9.17) is 11.6 Å². The molecule has 0 fully saturated rings. The smallest absolute Gasteiger partial charge is 0.0812 e. The highest BCUT2D eigenvalue weighted by atomic mass is 79.9. The van der Waals surface area contributed by atoms with Crippen molar-refractivity contribution in [3.05, 3.63) is 21.7 Å². The van der Waals surface area contributed by atoms with E-state index in [9.17, 15) is 0 Å². The van der Waals surface area contributed by atoms with Crippen LogP contribution in [0.2, 0.25) is 0 Å². The minimum atomic E-state index is 0.704. The molecule has 0 radical (unpaired) electrons. The lowest BCUT2D eigenvalue weighted by atomic mass is 10.2. The van der Waals surface area contributed by atoms with Gasteiger partial charge in [-0.25, -0.2) is 0 Å². The molecule has 0 unspecified atom stereocenters. The number of rotatable bonds is 1. The summed E-state index contributed by atoms with van der Waals surface area (Å²) in [5.41, 5.74) is 1.36. The van der Waals surface area contributed by atoms with E-state index >= 15 is 0 Å². The zero-order chi connectivity index (χ0) is 6.69. The topological polar surface area (TPSA) is 0 Å². The lowest BCUT2D eigenvalue weighted by Gasteiger charge is -1.88. The van der Waals surface area contributed by atoms with Gasteiger partial charge >= 0.3 is 0 Å². The summed E-state index contributed by atoms with van der Waals surface area (Å²) in [4.78, 5) is 0. The molecule has 1 aliphatic rings. The van der Waals surface area contributed by atoms with E-state index in [1.165, 1.54) is 24.8 Å². The molecule has 0 bridgehead atoms. The average molecular weight is 207 g/mol. The maximum Gasteiger partial charge on any atom is 0.0836 e. The van der Waals surface area contributed by atoms with Crippen molar-refractivity contribution in [3.8, 4) is 0 Å². The van der Waals surface area contributed by atoms with Gasteiger partial charge in [-0.15, -0.1) is 0 Å². The van der Waals surface area contributed by atoms with Crippen molar-refractivity contribution in [3.63, 3.8) is 0 Å². The first-order valence-electron chi connectivity index (χ1n) is 3.01. The van der Waals surface area contributed by atoms with E-state index in [0.29, 0.717) is 3.94 Å². The highest BCUT2D eigenvalue weighted by Crippen LogP contribution is 2.22. The Morgan fingerprint density at radius 2 is 2.56 bits per heavy atom. The Balaban J connectivity index is 2.53. The van der Waals surface area contributed by atoms with Crippen molar-refractivity contribution in [1.29, 1.82) is 0 Å². The van der Waals surface area contributed by atoms with Gasteiger partial charge in [0.15, 0.2) is 0 Å². The zero-order valence-electron chi connectivity index (χ0n) is 5.03. The molecule has 0 aromatic rings. The maximum absolute atomic E-state index is 5.59. The first-order valence-corrected chi connectivity index (χ1v) is 4.18. The van der Waals surface area contributed by atoms with E-state index in [2.05, 4.69) is 22.0 Å². The molecule has 0 atom stereocenters. The zero-order valence-corrected chi connectivity index (χ0v) is 7.37. The van der Waals surface area contributed by atoms with E-state index in [1.807, 2.05) is 6.08 Å². The Labute approximate surface area is 68.7 Å². The van der Waals surface area contributed by atoms with E-state index in [1.54, 1.807) is 0 Å². The van der Waals surface area contributed by atoms with E-state index in [-0.39, 0.29) is 0 Å². The second kappa shape index (κ2) is 3.43. The van der Waals surface area contributed by atoms with Crippen LogP contribution in [0.3, 0.4) is 0 Å². The molecule has 0 aromatic carbocycles. The summed E-state index contributed by atoms with van der Waals surface area (Å²) >= 11 is 8.76. The van der Waals surface area contributed by atoms with Gasteiger partial charge in [-0.05, 0) is 46.8 Å². The van der Waals surface area contributed by atoms with E-state index in [0.717, 1.165) is 0 Å². The number of allylic oxidation sites excluding steroid dienone is 3.